The Labute approximate surface area is 180 Å². The summed E-state index contributed by atoms with van der Waals surface area (Å²) >= 11 is 0. The number of hydrogen-bond acceptors (Lipinski definition) is 7. The van der Waals surface area contributed by atoms with E-state index in [-0.39, 0.29) is 13.2 Å². The first-order valence-electron chi connectivity index (χ1n) is 9.96. The molecule has 4 rings (SSSR count). The molecule has 31 heavy (non-hydrogen) atoms. The van der Waals surface area contributed by atoms with Gasteiger partial charge in [0.05, 0.1) is 19.4 Å². The lowest BCUT2D eigenvalue weighted by Crippen LogP contribution is -2.42. The maximum absolute atomic E-state index is 10.8. The number of rotatable bonds is 8. The Morgan fingerprint density at radius 2 is 1.84 bits per heavy atom. The minimum absolute atomic E-state index is 0.0938. The van der Waals surface area contributed by atoms with E-state index < -0.39 is 6.35 Å². The molecule has 0 spiro atoms. The lowest BCUT2D eigenvalue weighted by Gasteiger charge is -2.30. The molecule has 0 amide bonds. The van der Waals surface area contributed by atoms with Gasteiger partial charge in [0.15, 0.2) is 0 Å². The number of aryl methyl sites for hydroxylation is 1. The number of nitrogens with zero attached hydrogens (tertiary/aromatic N) is 3. The highest BCUT2D eigenvalue weighted by atomic mass is 16.5. The Morgan fingerprint density at radius 1 is 1.10 bits per heavy atom. The van der Waals surface area contributed by atoms with Gasteiger partial charge in [0.1, 0.15) is 17.7 Å². The van der Waals surface area contributed by atoms with Crippen molar-refractivity contribution < 1.29 is 14.9 Å². The predicted octanol–water partition coefficient (Wildman–Crippen LogP) is 3.13. The maximum atomic E-state index is 10.8. The van der Waals surface area contributed by atoms with Crippen LogP contribution in [0.1, 0.15) is 5.56 Å². The highest BCUT2D eigenvalue weighted by Gasteiger charge is 2.16. The summed E-state index contributed by atoms with van der Waals surface area (Å²) in [5, 5.41) is 24.3. The standard InChI is InChI=1S/C23H25N5O3/c1-15-13-24-22-20(15)21(25-14-26-22)16-3-5-17(6-4-16)27-23(30)28(11-12-29)18-7-9-19(31-2)10-8-18/h3-10,13-14,23,27,29-30H,11-12H2,1-2H3,(H,24,25,26). The van der Waals surface area contributed by atoms with Crippen molar-refractivity contribution in [3.05, 3.63) is 66.6 Å². The average Bonchev–Trinajstić information content (AvgIpc) is 3.19. The number of ether oxygens (including phenoxy) is 1. The third kappa shape index (κ3) is 4.30. The molecule has 0 saturated heterocycles. The zero-order valence-electron chi connectivity index (χ0n) is 17.4. The second-order valence-electron chi connectivity index (χ2n) is 7.13. The van der Waals surface area contributed by atoms with Crippen molar-refractivity contribution in [2.75, 3.05) is 30.5 Å². The van der Waals surface area contributed by atoms with E-state index in [1.165, 1.54) is 0 Å². The number of methoxy groups -OCH3 is 1. The van der Waals surface area contributed by atoms with Crippen molar-refractivity contribution in [1.82, 2.24) is 15.0 Å². The van der Waals surface area contributed by atoms with Crippen LogP contribution in [0.15, 0.2) is 61.1 Å². The van der Waals surface area contributed by atoms with Crippen molar-refractivity contribution in [2.45, 2.75) is 13.3 Å². The summed E-state index contributed by atoms with van der Waals surface area (Å²) < 4.78 is 5.18. The van der Waals surface area contributed by atoms with Gasteiger partial charge >= 0.3 is 0 Å². The molecule has 8 heteroatoms. The van der Waals surface area contributed by atoms with Gasteiger partial charge in [-0.05, 0) is 48.9 Å². The number of aromatic nitrogens is 3. The summed E-state index contributed by atoms with van der Waals surface area (Å²) in [6.45, 7) is 2.20. The zero-order chi connectivity index (χ0) is 21.8. The van der Waals surface area contributed by atoms with E-state index in [1.54, 1.807) is 18.3 Å². The minimum atomic E-state index is -1.02. The van der Waals surface area contributed by atoms with Crippen molar-refractivity contribution >= 4 is 22.4 Å². The number of aliphatic hydroxyl groups is 2. The van der Waals surface area contributed by atoms with Crippen molar-refractivity contribution in [1.29, 1.82) is 0 Å². The predicted molar refractivity (Wildman–Crippen MR) is 121 cm³/mol. The van der Waals surface area contributed by atoms with E-state index in [9.17, 15) is 10.2 Å². The summed E-state index contributed by atoms with van der Waals surface area (Å²) in [5.41, 5.74) is 5.21. The Morgan fingerprint density at radius 3 is 2.52 bits per heavy atom. The Balaban J connectivity index is 1.53. The summed E-state index contributed by atoms with van der Waals surface area (Å²) in [4.78, 5) is 13.6. The minimum Gasteiger partial charge on any atom is -0.497 e. The number of aliphatic hydroxyl groups excluding tert-OH is 2. The fourth-order valence-electron chi connectivity index (χ4n) is 3.56. The molecule has 2 heterocycles. The number of hydrogen-bond donors (Lipinski definition) is 4. The van der Waals surface area contributed by atoms with Crippen LogP contribution in [0, 0.1) is 6.92 Å². The lowest BCUT2D eigenvalue weighted by atomic mass is 10.1. The second-order valence-corrected chi connectivity index (χ2v) is 7.13. The van der Waals surface area contributed by atoms with Crippen molar-refractivity contribution in [3.8, 4) is 17.0 Å². The maximum Gasteiger partial charge on any atom is 0.205 e. The van der Waals surface area contributed by atoms with Crippen LogP contribution >= 0.6 is 0 Å². The van der Waals surface area contributed by atoms with Gasteiger partial charge < -0.3 is 30.2 Å². The van der Waals surface area contributed by atoms with E-state index in [4.69, 9.17) is 4.74 Å². The monoisotopic (exact) mass is 419 g/mol. The Kier molecular flexibility index (Phi) is 6.01. The van der Waals surface area contributed by atoms with Gasteiger partial charge in [0, 0.05) is 35.1 Å². The van der Waals surface area contributed by atoms with Crippen LogP contribution in [-0.2, 0) is 0 Å². The molecular weight excluding hydrogens is 394 g/mol. The van der Waals surface area contributed by atoms with E-state index >= 15 is 0 Å². The fraction of sp³-hybridized carbons (Fsp3) is 0.217. The molecule has 160 valence electrons. The smallest absolute Gasteiger partial charge is 0.205 e. The number of aromatic amines is 1. The molecular formula is C23H25N5O3. The Hall–Kier alpha value is -3.62. The van der Waals surface area contributed by atoms with Crippen LogP contribution in [0.2, 0.25) is 0 Å². The third-order valence-corrected chi connectivity index (χ3v) is 5.16. The van der Waals surface area contributed by atoms with Gasteiger partial charge in [-0.25, -0.2) is 9.97 Å². The number of fused-ring (bicyclic) bond motifs is 1. The van der Waals surface area contributed by atoms with Crippen LogP contribution < -0.4 is 15.0 Å². The summed E-state index contributed by atoms with van der Waals surface area (Å²) in [7, 11) is 1.60. The molecule has 4 N–H and O–H groups in total. The number of H-pyrrole nitrogens is 1. The molecule has 0 aliphatic heterocycles. The number of benzene rings is 2. The van der Waals surface area contributed by atoms with Crippen LogP contribution in [0.4, 0.5) is 11.4 Å². The van der Waals surface area contributed by atoms with Gasteiger partial charge in [0.2, 0.25) is 6.35 Å². The third-order valence-electron chi connectivity index (χ3n) is 5.16. The van der Waals surface area contributed by atoms with E-state index in [0.29, 0.717) is 0 Å². The first kappa shape index (κ1) is 20.6. The molecule has 0 aliphatic carbocycles. The summed E-state index contributed by atoms with van der Waals surface area (Å²) in [6.07, 6.45) is 2.44. The van der Waals surface area contributed by atoms with Crippen LogP contribution in [0.25, 0.3) is 22.3 Å². The topological polar surface area (TPSA) is 107 Å². The van der Waals surface area contributed by atoms with Gasteiger partial charge in [0.25, 0.3) is 0 Å². The average molecular weight is 419 g/mol. The van der Waals surface area contributed by atoms with E-state index in [0.717, 1.165) is 45.0 Å². The molecule has 0 aliphatic rings. The highest BCUT2D eigenvalue weighted by molar-refractivity contribution is 5.93. The fourth-order valence-corrected chi connectivity index (χ4v) is 3.56. The summed E-state index contributed by atoms with van der Waals surface area (Å²) in [6, 6.07) is 15.0. The quantitative estimate of drug-likeness (QED) is 0.325. The van der Waals surface area contributed by atoms with Crippen LogP contribution in [0.3, 0.4) is 0 Å². The second kappa shape index (κ2) is 9.03. The van der Waals surface area contributed by atoms with E-state index in [1.807, 2.05) is 61.7 Å². The normalized spacial score (nSPS) is 12.0. The first-order valence-corrected chi connectivity index (χ1v) is 9.96. The molecule has 2 aromatic carbocycles. The van der Waals surface area contributed by atoms with Crippen molar-refractivity contribution in [3.63, 3.8) is 0 Å². The number of nitrogens with one attached hydrogen (secondary N) is 2. The summed E-state index contributed by atoms with van der Waals surface area (Å²) in [5.74, 6) is 0.724. The molecule has 1 unspecified atom stereocenters. The van der Waals surface area contributed by atoms with E-state index in [2.05, 4.69) is 20.3 Å². The van der Waals surface area contributed by atoms with Crippen molar-refractivity contribution in [2.24, 2.45) is 0 Å². The lowest BCUT2D eigenvalue weighted by molar-refractivity contribution is 0.185. The first-order chi connectivity index (χ1) is 15.1. The van der Waals surface area contributed by atoms with Gasteiger partial charge in [-0.2, -0.15) is 0 Å². The molecule has 0 bridgehead atoms. The van der Waals surface area contributed by atoms with Crippen LogP contribution in [0.5, 0.6) is 5.75 Å². The Bertz CT molecular complexity index is 1140. The van der Waals surface area contributed by atoms with Gasteiger partial charge in [-0.1, -0.05) is 12.1 Å². The van der Waals surface area contributed by atoms with Gasteiger partial charge in [-0.15, -0.1) is 0 Å². The zero-order valence-corrected chi connectivity index (χ0v) is 17.4. The number of anilines is 2. The van der Waals surface area contributed by atoms with Crippen LogP contribution in [-0.4, -0.2) is 51.8 Å². The highest BCUT2D eigenvalue weighted by Crippen LogP contribution is 2.29. The molecule has 0 radical (unpaired) electrons. The molecule has 4 aromatic rings. The molecule has 1 atom stereocenters. The molecule has 2 aromatic heterocycles. The SMILES string of the molecule is COc1ccc(N(CCO)C(O)Nc2ccc(-c3ncnc4[nH]cc(C)c34)cc2)cc1. The largest absolute Gasteiger partial charge is 0.497 e. The molecule has 8 nitrogen and oxygen atoms in total. The molecule has 0 saturated carbocycles. The van der Waals surface area contributed by atoms with Gasteiger partial charge in [-0.3, -0.25) is 0 Å². The molecule has 0 fully saturated rings.